The number of nitrogens with one attached hydrogen (secondary N) is 2. The first-order valence-corrected chi connectivity index (χ1v) is 5.22. The summed E-state index contributed by atoms with van der Waals surface area (Å²) in [5, 5.41) is 3.40. The van der Waals surface area contributed by atoms with Crippen LogP contribution in [-0.2, 0) is 6.54 Å². The molecule has 3 heteroatoms. The highest BCUT2D eigenvalue weighted by molar-refractivity contribution is 5.02. The van der Waals surface area contributed by atoms with Crippen LogP contribution in [0.15, 0.2) is 18.3 Å². The van der Waals surface area contributed by atoms with Crippen LogP contribution in [0.5, 0.6) is 0 Å². The van der Waals surface area contributed by atoms with Gasteiger partial charge in [-0.25, -0.2) is 0 Å². The number of nitrogens with zero attached hydrogens (tertiary/aromatic N) is 1. The first kappa shape index (κ1) is 11.3. The summed E-state index contributed by atoms with van der Waals surface area (Å²) in [6, 6.07) is 4.73. The number of H-pyrrole nitrogens is 1. The summed E-state index contributed by atoms with van der Waals surface area (Å²) in [4.78, 5) is 5.51. The van der Waals surface area contributed by atoms with Crippen molar-refractivity contribution in [1.82, 2.24) is 15.2 Å². The van der Waals surface area contributed by atoms with E-state index in [9.17, 15) is 0 Å². The largest absolute Gasteiger partial charge is 0.364 e. The molecule has 0 bridgehead atoms. The van der Waals surface area contributed by atoms with Crippen molar-refractivity contribution in [1.29, 1.82) is 0 Å². The van der Waals surface area contributed by atoms with Crippen LogP contribution in [0.2, 0.25) is 0 Å². The van der Waals surface area contributed by atoms with Crippen molar-refractivity contribution < 1.29 is 0 Å². The van der Waals surface area contributed by atoms with Crippen LogP contribution in [0.3, 0.4) is 0 Å². The Bertz CT molecular complexity index is 229. The summed E-state index contributed by atoms with van der Waals surface area (Å²) in [5.74, 6) is 0. The maximum Gasteiger partial charge on any atom is 0.0382 e. The van der Waals surface area contributed by atoms with Gasteiger partial charge in [0.05, 0.1) is 0 Å². The SMILES string of the molecule is CC(C)NCCN(C)Cc1ccc[nH]1. The molecule has 80 valence electrons. The van der Waals surface area contributed by atoms with E-state index < -0.39 is 0 Å². The molecule has 0 unspecified atom stereocenters. The number of aromatic nitrogens is 1. The minimum atomic E-state index is 0.578. The molecule has 0 aromatic carbocycles. The minimum absolute atomic E-state index is 0.578. The predicted octanol–water partition coefficient (Wildman–Crippen LogP) is 1.44. The lowest BCUT2D eigenvalue weighted by Crippen LogP contribution is -2.32. The Balaban J connectivity index is 2.13. The van der Waals surface area contributed by atoms with Gasteiger partial charge < -0.3 is 10.3 Å². The average molecular weight is 195 g/mol. The number of aromatic amines is 1. The topological polar surface area (TPSA) is 31.1 Å². The first-order valence-electron chi connectivity index (χ1n) is 5.22. The second-order valence-corrected chi connectivity index (χ2v) is 4.04. The molecule has 1 rings (SSSR count). The molecule has 0 aliphatic carbocycles. The Hall–Kier alpha value is -0.800. The lowest BCUT2D eigenvalue weighted by Gasteiger charge is -2.17. The van der Waals surface area contributed by atoms with Crippen molar-refractivity contribution in [3.05, 3.63) is 24.0 Å². The van der Waals surface area contributed by atoms with E-state index in [-0.39, 0.29) is 0 Å². The zero-order valence-corrected chi connectivity index (χ0v) is 9.38. The standard InChI is InChI=1S/C11H21N3/c1-10(2)12-7-8-14(3)9-11-5-4-6-13-11/h4-6,10,12-13H,7-9H2,1-3H3. The second-order valence-electron chi connectivity index (χ2n) is 4.04. The Labute approximate surface area is 86.5 Å². The van der Waals surface area contributed by atoms with Crippen molar-refractivity contribution in [2.75, 3.05) is 20.1 Å². The van der Waals surface area contributed by atoms with Crippen LogP contribution in [0.25, 0.3) is 0 Å². The Morgan fingerprint density at radius 3 is 2.86 bits per heavy atom. The van der Waals surface area contributed by atoms with Gasteiger partial charge in [0.25, 0.3) is 0 Å². The predicted molar refractivity (Wildman–Crippen MR) is 60.3 cm³/mol. The highest BCUT2D eigenvalue weighted by Gasteiger charge is 2.00. The Morgan fingerprint density at radius 2 is 2.29 bits per heavy atom. The molecule has 0 atom stereocenters. The highest BCUT2D eigenvalue weighted by atomic mass is 15.1. The highest BCUT2D eigenvalue weighted by Crippen LogP contribution is 1.98. The number of hydrogen-bond acceptors (Lipinski definition) is 2. The van der Waals surface area contributed by atoms with E-state index in [1.807, 2.05) is 12.3 Å². The van der Waals surface area contributed by atoms with Gasteiger partial charge >= 0.3 is 0 Å². The zero-order chi connectivity index (χ0) is 10.4. The van der Waals surface area contributed by atoms with Crippen LogP contribution in [0.4, 0.5) is 0 Å². The van der Waals surface area contributed by atoms with Crippen LogP contribution < -0.4 is 5.32 Å². The Morgan fingerprint density at radius 1 is 1.50 bits per heavy atom. The maximum absolute atomic E-state index is 3.40. The molecule has 0 fully saturated rings. The fraction of sp³-hybridized carbons (Fsp3) is 0.636. The van der Waals surface area contributed by atoms with Crippen molar-refractivity contribution >= 4 is 0 Å². The van der Waals surface area contributed by atoms with Gasteiger partial charge in [0, 0.05) is 37.6 Å². The Kier molecular flexibility index (Phi) is 4.70. The molecule has 14 heavy (non-hydrogen) atoms. The van der Waals surface area contributed by atoms with E-state index in [4.69, 9.17) is 0 Å². The van der Waals surface area contributed by atoms with Gasteiger partial charge in [-0.3, -0.25) is 4.90 Å². The normalized spacial score (nSPS) is 11.5. The van der Waals surface area contributed by atoms with Gasteiger partial charge in [-0.15, -0.1) is 0 Å². The summed E-state index contributed by atoms with van der Waals surface area (Å²) in [5.41, 5.74) is 1.28. The van der Waals surface area contributed by atoms with Gasteiger partial charge in [-0.1, -0.05) is 13.8 Å². The summed E-state index contributed by atoms with van der Waals surface area (Å²) in [6.45, 7) is 7.47. The fourth-order valence-electron chi connectivity index (χ4n) is 1.38. The molecule has 1 aromatic rings. The molecular formula is C11H21N3. The molecule has 0 saturated heterocycles. The van der Waals surface area contributed by atoms with Crippen LogP contribution >= 0.6 is 0 Å². The third kappa shape index (κ3) is 4.44. The zero-order valence-electron chi connectivity index (χ0n) is 9.38. The molecule has 2 N–H and O–H groups in total. The molecule has 1 aromatic heterocycles. The van der Waals surface area contributed by atoms with E-state index in [0.717, 1.165) is 19.6 Å². The summed E-state index contributed by atoms with van der Waals surface area (Å²) in [6.07, 6.45) is 1.97. The van der Waals surface area contributed by atoms with Gasteiger partial charge in [-0.2, -0.15) is 0 Å². The molecule has 1 heterocycles. The molecule has 0 saturated carbocycles. The van der Waals surface area contributed by atoms with E-state index in [2.05, 4.69) is 42.2 Å². The summed E-state index contributed by atoms with van der Waals surface area (Å²) < 4.78 is 0. The fourth-order valence-corrected chi connectivity index (χ4v) is 1.38. The van der Waals surface area contributed by atoms with Crippen LogP contribution in [0.1, 0.15) is 19.5 Å². The molecular weight excluding hydrogens is 174 g/mol. The molecule has 0 amide bonds. The van der Waals surface area contributed by atoms with Gasteiger partial charge in [0.15, 0.2) is 0 Å². The van der Waals surface area contributed by atoms with Crippen molar-refractivity contribution in [3.63, 3.8) is 0 Å². The number of rotatable bonds is 6. The molecule has 0 aliphatic rings. The van der Waals surface area contributed by atoms with Gasteiger partial charge in [-0.05, 0) is 19.2 Å². The van der Waals surface area contributed by atoms with Gasteiger partial charge in [0.2, 0.25) is 0 Å². The molecule has 3 nitrogen and oxygen atoms in total. The van der Waals surface area contributed by atoms with E-state index in [1.165, 1.54) is 5.69 Å². The van der Waals surface area contributed by atoms with E-state index in [1.54, 1.807) is 0 Å². The number of likely N-dealkylation sites (N-methyl/N-ethyl adjacent to an activating group) is 1. The minimum Gasteiger partial charge on any atom is -0.364 e. The van der Waals surface area contributed by atoms with E-state index >= 15 is 0 Å². The maximum atomic E-state index is 3.40. The van der Waals surface area contributed by atoms with E-state index in [0.29, 0.717) is 6.04 Å². The van der Waals surface area contributed by atoms with Crippen molar-refractivity contribution in [2.45, 2.75) is 26.4 Å². The molecule has 0 aliphatic heterocycles. The third-order valence-corrected chi connectivity index (χ3v) is 2.15. The first-order chi connectivity index (χ1) is 6.68. The average Bonchev–Trinajstić information content (AvgIpc) is 2.56. The van der Waals surface area contributed by atoms with Crippen LogP contribution in [0, 0.1) is 0 Å². The summed E-state index contributed by atoms with van der Waals surface area (Å²) in [7, 11) is 2.14. The van der Waals surface area contributed by atoms with Crippen molar-refractivity contribution in [2.24, 2.45) is 0 Å². The molecule has 0 spiro atoms. The monoisotopic (exact) mass is 195 g/mol. The third-order valence-electron chi connectivity index (χ3n) is 2.15. The second kappa shape index (κ2) is 5.83. The lowest BCUT2D eigenvalue weighted by atomic mass is 10.3. The van der Waals surface area contributed by atoms with Crippen LogP contribution in [-0.4, -0.2) is 36.1 Å². The van der Waals surface area contributed by atoms with Crippen molar-refractivity contribution in [3.8, 4) is 0 Å². The summed E-state index contributed by atoms with van der Waals surface area (Å²) >= 11 is 0. The smallest absolute Gasteiger partial charge is 0.0382 e. The quantitative estimate of drug-likeness (QED) is 0.719. The number of hydrogen-bond donors (Lipinski definition) is 2. The lowest BCUT2D eigenvalue weighted by molar-refractivity contribution is 0.317. The van der Waals surface area contributed by atoms with Gasteiger partial charge in [0.1, 0.15) is 0 Å². The molecule has 0 radical (unpaired) electrons.